The third kappa shape index (κ3) is 4.06. The summed E-state index contributed by atoms with van der Waals surface area (Å²) >= 11 is 0. The molecule has 7 nitrogen and oxygen atoms in total. The average Bonchev–Trinajstić information content (AvgIpc) is 3.14. The van der Waals surface area contributed by atoms with Crippen LogP contribution in [0.5, 0.6) is 11.5 Å². The Morgan fingerprint density at radius 2 is 1.96 bits per heavy atom. The maximum absolute atomic E-state index is 12.4. The van der Waals surface area contributed by atoms with E-state index in [1.807, 2.05) is 17.0 Å². The van der Waals surface area contributed by atoms with Crippen molar-refractivity contribution >= 4 is 21.4 Å². The van der Waals surface area contributed by atoms with Gasteiger partial charge in [-0.15, -0.1) is 0 Å². The van der Waals surface area contributed by atoms with E-state index in [1.165, 1.54) is 6.42 Å². The Hall–Kier alpha value is -1.80. The zero-order valence-corrected chi connectivity index (χ0v) is 16.4. The lowest BCUT2D eigenvalue weighted by Crippen LogP contribution is -2.40. The van der Waals surface area contributed by atoms with E-state index in [9.17, 15) is 13.2 Å². The number of ether oxygens (including phenoxy) is 2. The maximum atomic E-state index is 12.4. The molecule has 1 spiro atoms. The van der Waals surface area contributed by atoms with Crippen molar-refractivity contribution in [2.75, 3.05) is 30.4 Å². The first-order valence-corrected chi connectivity index (χ1v) is 11.4. The zero-order chi connectivity index (χ0) is 19.1. The highest BCUT2D eigenvalue weighted by Gasteiger charge is 2.42. The van der Waals surface area contributed by atoms with Crippen LogP contribution in [0.3, 0.4) is 0 Å². The normalized spacial score (nSPS) is 25.0. The maximum Gasteiger partial charge on any atom is 0.251 e. The molecule has 2 heterocycles. The van der Waals surface area contributed by atoms with Gasteiger partial charge in [0.1, 0.15) is 0 Å². The standard InChI is InChI=1S/C19H26N2O5S/c1-21(15-7-10-27(23,24)13-15)12-18(22)20-14-5-6-16-17(11-14)26-19(25-16)8-3-2-4-9-19/h5-6,11,15H,2-4,7-10,12-13H2,1H3,(H,20,22)/t15-/m1/s1. The predicted octanol–water partition coefficient (Wildman–Crippen LogP) is 2.18. The molecule has 4 rings (SSSR count). The summed E-state index contributed by atoms with van der Waals surface area (Å²) in [5.41, 5.74) is 0.655. The molecule has 0 radical (unpaired) electrons. The van der Waals surface area contributed by atoms with Gasteiger partial charge in [-0.3, -0.25) is 9.69 Å². The van der Waals surface area contributed by atoms with E-state index in [1.54, 1.807) is 13.1 Å². The summed E-state index contributed by atoms with van der Waals surface area (Å²) in [4.78, 5) is 14.2. The molecule has 1 aromatic rings. The van der Waals surface area contributed by atoms with E-state index in [0.717, 1.165) is 31.4 Å². The summed E-state index contributed by atoms with van der Waals surface area (Å²) in [5, 5.41) is 2.87. The SMILES string of the molecule is CN(CC(=O)Nc1ccc2c(c1)OC1(CCCCC1)O2)[C@@H]1CCS(=O)(=O)C1. The smallest absolute Gasteiger partial charge is 0.251 e. The second-order valence-corrected chi connectivity index (χ2v) is 10.1. The topological polar surface area (TPSA) is 84.9 Å². The summed E-state index contributed by atoms with van der Waals surface area (Å²) in [6, 6.07) is 5.35. The number of rotatable bonds is 4. The monoisotopic (exact) mass is 394 g/mol. The molecule has 2 fully saturated rings. The summed E-state index contributed by atoms with van der Waals surface area (Å²) in [6.07, 6.45) is 5.76. The van der Waals surface area contributed by atoms with Crippen molar-refractivity contribution < 1.29 is 22.7 Å². The highest BCUT2D eigenvalue weighted by atomic mass is 32.2. The van der Waals surface area contributed by atoms with Crippen LogP contribution in [0.2, 0.25) is 0 Å². The van der Waals surface area contributed by atoms with Gasteiger partial charge in [0.2, 0.25) is 5.91 Å². The van der Waals surface area contributed by atoms with Crippen molar-refractivity contribution in [1.82, 2.24) is 4.90 Å². The molecule has 0 bridgehead atoms. The number of likely N-dealkylation sites (N-methyl/N-ethyl adjacent to an activating group) is 1. The second kappa shape index (κ2) is 6.98. The van der Waals surface area contributed by atoms with Crippen LogP contribution >= 0.6 is 0 Å². The first-order chi connectivity index (χ1) is 12.8. The Morgan fingerprint density at radius 3 is 2.67 bits per heavy atom. The molecule has 3 aliphatic rings. The van der Waals surface area contributed by atoms with Gasteiger partial charge in [-0.2, -0.15) is 0 Å². The van der Waals surface area contributed by atoms with Gasteiger partial charge < -0.3 is 14.8 Å². The van der Waals surface area contributed by atoms with Crippen LogP contribution in [0.1, 0.15) is 38.5 Å². The van der Waals surface area contributed by atoms with Crippen LogP contribution in [0, 0.1) is 0 Å². The molecule has 148 valence electrons. The van der Waals surface area contributed by atoms with E-state index in [4.69, 9.17) is 9.47 Å². The van der Waals surface area contributed by atoms with Crippen molar-refractivity contribution in [1.29, 1.82) is 0 Å². The molecule has 0 aromatic heterocycles. The first kappa shape index (κ1) is 18.6. The Kier molecular flexibility index (Phi) is 4.80. The molecule has 1 atom stereocenters. The Labute approximate surface area is 159 Å². The fourth-order valence-electron chi connectivity index (χ4n) is 4.15. The number of benzene rings is 1. The van der Waals surface area contributed by atoms with Crippen molar-refractivity contribution in [3.63, 3.8) is 0 Å². The quantitative estimate of drug-likeness (QED) is 0.843. The molecule has 27 heavy (non-hydrogen) atoms. The van der Waals surface area contributed by atoms with E-state index in [-0.39, 0.29) is 30.0 Å². The summed E-state index contributed by atoms with van der Waals surface area (Å²) < 4.78 is 35.4. The fourth-order valence-corrected chi connectivity index (χ4v) is 5.95. The molecular weight excluding hydrogens is 368 g/mol. The Morgan fingerprint density at radius 1 is 1.22 bits per heavy atom. The van der Waals surface area contributed by atoms with Crippen molar-refractivity contribution in [3.05, 3.63) is 18.2 Å². The molecule has 1 N–H and O–H groups in total. The third-order valence-electron chi connectivity index (χ3n) is 5.66. The number of fused-ring (bicyclic) bond motifs is 1. The number of hydrogen-bond acceptors (Lipinski definition) is 6. The summed E-state index contributed by atoms with van der Waals surface area (Å²) in [7, 11) is -1.17. The minimum absolute atomic E-state index is 0.0938. The number of anilines is 1. The van der Waals surface area contributed by atoms with Gasteiger partial charge in [0.15, 0.2) is 21.3 Å². The lowest BCUT2D eigenvalue weighted by atomic mass is 9.94. The lowest BCUT2D eigenvalue weighted by Gasteiger charge is -2.31. The molecule has 1 saturated heterocycles. The molecule has 1 aromatic carbocycles. The number of amides is 1. The van der Waals surface area contributed by atoms with E-state index < -0.39 is 15.6 Å². The third-order valence-corrected chi connectivity index (χ3v) is 7.41. The van der Waals surface area contributed by atoms with Crippen molar-refractivity contribution in [2.45, 2.75) is 50.4 Å². The number of carbonyl (C=O) groups is 1. The Balaban J connectivity index is 1.35. The van der Waals surface area contributed by atoms with Gasteiger partial charge in [0.05, 0.1) is 18.1 Å². The minimum Gasteiger partial charge on any atom is -0.448 e. The van der Waals surface area contributed by atoms with Crippen LogP contribution in [0.25, 0.3) is 0 Å². The molecule has 2 aliphatic heterocycles. The van der Waals surface area contributed by atoms with Crippen LogP contribution < -0.4 is 14.8 Å². The van der Waals surface area contributed by atoms with Crippen LogP contribution in [0.4, 0.5) is 5.69 Å². The largest absolute Gasteiger partial charge is 0.448 e. The molecule has 1 aliphatic carbocycles. The van der Waals surface area contributed by atoms with E-state index in [0.29, 0.717) is 17.9 Å². The first-order valence-electron chi connectivity index (χ1n) is 9.57. The highest BCUT2D eigenvalue weighted by molar-refractivity contribution is 7.91. The van der Waals surface area contributed by atoms with Gasteiger partial charge in [0.25, 0.3) is 5.79 Å². The summed E-state index contributed by atoms with van der Waals surface area (Å²) in [5.74, 6) is 1.02. The van der Waals surface area contributed by atoms with Crippen LogP contribution in [-0.2, 0) is 14.6 Å². The number of carbonyl (C=O) groups excluding carboxylic acids is 1. The Bertz CT molecular complexity index is 833. The molecular formula is C19H26N2O5S. The fraction of sp³-hybridized carbons (Fsp3) is 0.632. The lowest BCUT2D eigenvalue weighted by molar-refractivity contribution is -0.117. The molecule has 1 saturated carbocycles. The van der Waals surface area contributed by atoms with Crippen LogP contribution in [-0.4, -0.2) is 56.2 Å². The van der Waals surface area contributed by atoms with Crippen molar-refractivity contribution in [2.24, 2.45) is 0 Å². The van der Waals surface area contributed by atoms with Crippen molar-refractivity contribution in [3.8, 4) is 11.5 Å². The van der Waals surface area contributed by atoms with Gasteiger partial charge in [-0.1, -0.05) is 6.42 Å². The zero-order valence-electron chi connectivity index (χ0n) is 15.6. The predicted molar refractivity (Wildman–Crippen MR) is 102 cm³/mol. The number of nitrogens with zero attached hydrogens (tertiary/aromatic N) is 1. The van der Waals surface area contributed by atoms with Gasteiger partial charge in [0, 0.05) is 30.6 Å². The average molecular weight is 394 g/mol. The summed E-state index contributed by atoms with van der Waals surface area (Å²) in [6.45, 7) is 0.151. The molecule has 8 heteroatoms. The van der Waals surface area contributed by atoms with Crippen LogP contribution in [0.15, 0.2) is 18.2 Å². The molecule has 1 amide bonds. The number of nitrogens with one attached hydrogen (secondary N) is 1. The van der Waals surface area contributed by atoms with E-state index >= 15 is 0 Å². The van der Waals surface area contributed by atoms with Gasteiger partial charge in [-0.05, 0) is 38.4 Å². The van der Waals surface area contributed by atoms with E-state index in [2.05, 4.69) is 5.32 Å². The second-order valence-electron chi connectivity index (χ2n) is 7.86. The minimum atomic E-state index is -2.96. The van der Waals surface area contributed by atoms with Gasteiger partial charge >= 0.3 is 0 Å². The van der Waals surface area contributed by atoms with Gasteiger partial charge in [-0.25, -0.2) is 8.42 Å². The highest BCUT2D eigenvalue weighted by Crippen LogP contribution is 2.46. The number of hydrogen-bond donors (Lipinski definition) is 1. The number of sulfone groups is 1. The molecule has 0 unspecified atom stereocenters.